The number of halogens is 1. The Morgan fingerprint density at radius 1 is 1.11 bits per heavy atom. The summed E-state index contributed by atoms with van der Waals surface area (Å²) >= 11 is 0. The van der Waals surface area contributed by atoms with Gasteiger partial charge >= 0.3 is 0 Å². The Morgan fingerprint density at radius 3 is 2.32 bits per heavy atom. The van der Waals surface area contributed by atoms with Gasteiger partial charge in [0.25, 0.3) is 0 Å². The average molecular weight is 412 g/mol. The highest BCUT2D eigenvalue weighted by atomic mass is 32.2. The molecule has 6 nitrogen and oxygen atoms in total. The lowest BCUT2D eigenvalue weighted by Crippen LogP contribution is -2.56. The molecule has 0 N–H and O–H groups in total. The van der Waals surface area contributed by atoms with E-state index in [1.807, 2.05) is 23.8 Å². The van der Waals surface area contributed by atoms with Crippen molar-refractivity contribution >= 4 is 15.9 Å². The molecule has 8 heteroatoms. The lowest BCUT2D eigenvalue weighted by molar-refractivity contribution is -0.138. The Hall–Kier alpha value is -1.51. The molecule has 1 saturated heterocycles. The third-order valence-electron chi connectivity index (χ3n) is 6.10. The summed E-state index contributed by atoms with van der Waals surface area (Å²) in [6.45, 7) is 3.31. The van der Waals surface area contributed by atoms with Crippen LogP contribution in [0.15, 0.2) is 29.2 Å². The molecular formula is C20H30FN3O3S. The fraction of sp³-hybridized carbons (Fsp3) is 0.650. The average Bonchev–Trinajstić information content (AvgIpc) is 2.73. The minimum Gasteiger partial charge on any atom is -0.341 e. The van der Waals surface area contributed by atoms with Gasteiger partial charge in [0.1, 0.15) is 10.7 Å². The Bertz CT molecular complexity index is 788. The van der Waals surface area contributed by atoms with Crippen LogP contribution in [0, 0.1) is 5.82 Å². The van der Waals surface area contributed by atoms with Gasteiger partial charge in [-0.2, -0.15) is 4.31 Å². The fourth-order valence-corrected chi connectivity index (χ4v) is 5.71. The SMILES string of the molecule is C[C@@H](C(=O)N(C)C1CCCCC1)N1CCN(S(=O)(=O)c2ccccc2F)CC1. The first-order valence-electron chi connectivity index (χ1n) is 10.1. The van der Waals surface area contributed by atoms with Gasteiger partial charge in [0.2, 0.25) is 15.9 Å². The van der Waals surface area contributed by atoms with Crippen LogP contribution < -0.4 is 0 Å². The molecule has 0 radical (unpaired) electrons. The van der Waals surface area contributed by atoms with Gasteiger partial charge in [-0.15, -0.1) is 0 Å². The van der Waals surface area contributed by atoms with Gasteiger partial charge in [-0.1, -0.05) is 31.4 Å². The molecule has 2 fully saturated rings. The number of sulfonamides is 1. The van der Waals surface area contributed by atoms with Gasteiger partial charge in [0.15, 0.2) is 0 Å². The Labute approximate surface area is 167 Å². The zero-order chi connectivity index (χ0) is 20.3. The molecule has 1 aromatic rings. The number of benzene rings is 1. The van der Waals surface area contributed by atoms with Crippen molar-refractivity contribution < 1.29 is 17.6 Å². The molecule has 1 atom stereocenters. The molecule has 1 saturated carbocycles. The molecule has 1 aromatic carbocycles. The summed E-state index contributed by atoms with van der Waals surface area (Å²) in [5.74, 6) is -0.639. The second kappa shape index (κ2) is 8.88. The molecule has 0 spiro atoms. The van der Waals surface area contributed by atoms with Gasteiger partial charge in [-0.25, -0.2) is 12.8 Å². The first-order chi connectivity index (χ1) is 13.3. The second-order valence-corrected chi connectivity index (χ2v) is 9.69. The number of hydrogen-bond acceptors (Lipinski definition) is 4. The third kappa shape index (κ3) is 4.39. The van der Waals surface area contributed by atoms with E-state index in [9.17, 15) is 17.6 Å². The van der Waals surface area contributed by atoms with Crippen molar-refractivity contribution in [3.63, 3.8) is 0 Å². The van der Waals surface area contributed by atoms with E-state index in [0.29, 0.717) is 19.1 Å². The number of carbonyl (C=O) groups excluding carboxylic acids is 1. The van der Waals surface area contributed by atoms with E-state index in [2.05, 4.69) is 0 Å². The number of piperazine rings is 1. The van der Waals surface area contributed by atoms with Crippen LogP contribution in [-0.4, -0.2) is 73.7 Å². The van der Waals surface area contributed by atoms with Crippen molar-refractivity contribution in [3.8, 4) is 0 Å². The van der Waals surface area contributed by atoms with Crippen LogP contribution in [0.25, 0.3) is 0 Å². The highest BCUT2D eigenvalue weighted by Gasteiger charge is 2.34. The van der Waals surface area contributed by atoms with E-state index in [0.717, 1.165) is 18.9 Å². The predicted molar refractivity (Wildman–Crippen MR) is 106 cm³/mol. The van der Waals surface area contributed by atoms with Crippen LogP contribution in [0.3, 0.4) is 0 Å². The van der Waals surface area contributed by atoms with Gasteiger partial charge in [0.05, 0.1) is 6.04 Å². The summed E-state index contributed by atoms with van der Waals surface area (Å²) in [6.07, 6.45) is 5.70. The topological polar surface area (TPSA) is 60.9 Å². The van der Waals surface area contributed by atoms with E-state index in [1.165, 1.54) is 41.8 Å². The monoisotopic (exact) mass is 411 g/mol. The van der Waals surface area contributed by atoms with Crippen molar-refractivity contribution in [2.24, 2.45) is 0 Å². The smallest absolute Gasteiger partial charge is 0.246 e. The molecule has 0 bridgehead atoms. The van der Waals surface area contributed by atoms with Crippen molar-refractivity contribution in [1.82, 2.24) is 14.1 Å². The van der Waals surface area contributed by atoms with Gasteiger partial charge in [0, 0.05) is 39.3 Å². The first-order valence-corrected chi connectivity index (χ1v) is 11.5. The fourth-order valence-electron chi connectivity index (χ4n) is 4.22. The molecule has 2 aliphatic rings. The number of amides is 1. The van der Waals surface area contributed by atoms with Gasteiger partial charge in [-0.05, 0) is 31.9 Å². The zero-order valence-electron chi connectivity index (χ0n) is 16.7. The maximum Gasteiger partial charge on any atom is 0.246 e. The van der Waals surface area contributed by atoms with Crippen molar-refractivity contribution in [2.45, 2.75) is 56.0 Å². The van der Waals surface area contributed by atoms with E-state index in [1.54, 1.807) is 0 Å². The molecule has 1 aliphatic heterocycles. The lowest BCUT2D eigenvalue weighted by Gasteiger charge is -2.39. The summed E-state index contributed by atoms with van der Waals surface area (Å²) < 4.78 is 40.7. The molecular weight excluding hydrogens is 381 g/mol. The molecule has 0 unspecified atom stereocenters. The number of carbonyl (C=O) groups is 1. The van der Waals surface area contributed by atoms with Crippen LogP contribution in [-0.2, 0) is 14.8 Å². The number of rotatable bonds is 5. The predicted octanol–water partition coefficient (Wildman–Crippen LogP) is 2.31. The van der Waals surface area contributed by atoms with Crippen molar-refractivity contribution in [2.75, 3.05) is 33.2 Å². The maximum atomic E-state index is 14.0. The normalized spacial score (nSPS) is 21.4. The highest BCUT2D eigenvalue weighted by Crippen LogP contribution is 2.24. The summed E-state index contributed by atoms with van der Waals surface area (Å²) in [4.78, 5) is 16.5. The van der Waals surface area contributed by atoms with Crippen LogP contribution in [0.4, 0.5) is 4.39 Å². The molecule has 0 aromatic heterocycles. The number of hydrogen-bond donors (Lipinski definition) is 0. The molecule has 1 amide bonds. The first kappa shape index (κ1) is 21.2. The minimum absolute atomic E-state index is 0.0947. The minimum atomic E-state index is -3.86. The number of nitrogens with zero attached hydrogens (tertiary/aromatic N) is 3. The summed E-state index contributed by atoms with van der Waals surface area (Å²) in [5, 5.41) is 0. The molecule has 1 heterocycles. The van der Waals surface area contributed by atoms with Crippen LogP contribution in [0.2, 0.25) is 0 Å². The summed E-state index contributed by atoms with van der Waals surface area (Å²) in [7, 11) is -1.98. The summed E-state index contributed by atoms with van der Waals surface area (Å²) in [5.41, 5.74) is 0. The molecule has 3 rings (SSSR count). The van der Waals surface area contributed by atoms with E-state index < -0.39 is 15.8 Å². The van der Waals surface area contributed by atoms with Crippen LogP contribution >= 0.6 is 0 Å². The molecule has 28 heavy (non-hydrogen) atoms. The standard InChI is InChI=1S/C20H30FN3O3S/c1-16(20(25)22(2)17-8-4-3-5-9-17)23-12-14-24(15-13-23)28(26,27)19-11-7-6-10-18(19)21/h6-7,10-11,16-17H,3-5,8-9,12-15H2,1-2H3/t16-/m0/s1. The summed E-state index contributed by atoms with van der Waals surface area (Å²) in [6, 6.07) is 5.47. The van der Waals surface area contributed by atoms with E-state index in [4.69, 9.17) is 0 Å². The highest BCUT2D eigenvalue weighted by molar-refractivity contribution is 7.89. The zero-order valence-corrected chi connectivity index (χ0v) is 17.5. The van der Waals surface area contributed by atoms with E-state index in [-0.39, 0.29) is 29.9 Å². The van der Waals surface area contributed by atoms with E-state index >= 15 is 0 Å². The second-order valence-electron chi connectivity index (χ2n) is 7.79. The van der Waals surface area contributed by atoms with Crippen molar-refractivity contribution in [3.05, 3.63) is 30.1 Å². The maximum absolute atomic E-state index is 14.0. The Morgan fingerprint density at radius 2 is 1.71 bits per heavy atom. The van der Waals surface area contributed by atoms with Crippen LogP contribution in [0.5, 0.6) is 0 Å². The Kier molecular flexibility index (Phi) is 6.73. The molecule has 1 aliphatic carbocycles. The van der Waals surface area contributed by atoms with Gasteiger partial charge in [-0.3, -0.25) is 9.69 Å². The van der Waals surface area contributed by atoms with Crippen molar-refractivity contribution in [1.29, 1.82) is 0 Å². The number of likely N-dealkylation sites (N-methyl/N-ethyl adjacent to an activating group) is 1. The quantitative estimate of drug-likeness (QED) is 0.746. The lowest BCUT2D eigenvalue weighted by atomic mass is 9.94. The molecule has 156 valence electrons. The largest absolute Gasteiger partial charge is 0.341 e. The Balaban J connectivity index is 1.60. The van der Waals surface area contributed by atoms with Gasteiger partial charge < -0.3 is 4.90 Å². The van der Waals surface area contributed by atoms with Crippen LogP contribution in [0.1, 0.15) is 39.0 Å². The third-order valence-corrected chi connectivity index (χ3v) is 8.03.